The van der Waals surface area contributed by atoms with Crippen LogP contribution in [0.15, 0.2) is 24.3 Å². The van der Waals surface area contributed by atoms with E-state index in [2.05, 4.69) is 11.9 Å². The number of para-hydroxylation sites is 2. The van der Waals surface area contributed by atoms with Gasteiger partial charge in [-0.2, -0.15) is 0 Å². The van der Waals surface area contributed by atoms with Crippen molar-refractivity contribution in [3.05, 3.63) is 24.3 Å². The molecule has 0 spiro atoms. The van der Waals surface area contributed by atoms with Crippen molar-refractivity contribution in [2.45, 2.75) is 12.8 Å². The van der Waals surface area contributed by atoms with Gasteiger partial charge in [-0.05, 0) is 51.0 Å². The van der Waals surface area contributed by atoms with Gasteiger partial charge >= 0.3 is 0 Å². The highest BCUT2D eigenvalue weighted by Crippen LogP contribution is 2.27. The molecule has 2 rings (SSSR count). The fraction of sp³-hybridized carbons (Fsp3) is 0.571. The SMILES string of the molecule is COc1ccccc1OCC1CCN(C)CC1. The molecular formula is C14H21NO2. The van der Waals surface area contributed by atoms with E-state index in [0.717, 1.165) is 18.1 Å². The normalized spacial score (nSPS) is 18.0. The largest absolute Gasteiger partial charge is 0.493 e. The van der Waals surface area contributed by atoms with E-state index in [1.807, 2.05) is 24.3 Å². The van der Waals surface area contributed by atoms with Gasteiger partial charge in [0.2, 0.25) is 0 Å². The molecule has 1 aromatic rings. The predicted octanol–water partition coefficient (Wildman–Crippen LogP) is 2.42. The van der Waals surface area contributed by atoms with E-state index in [1.54, 1.807) is 7.11 Å². The van der Waals surface area contributed by atoms with Crippen molar-refractivity contribution >= 4 is 0 Å². The van der Waals surface area contributed by atoms with Crippen LogP contribution in [0, 0.1) is 5.92 Å². The Bertz CT molecular complexity index is 346. The first-order valence-electron chi connectivity index (χ1n) is 6.24. The zero-order valence-corrected chi connectivity index (χ0v) is 10.7. The maximum atomic E-state index is 5.86. The van der Waals surface area contributed by atoms with Crippen molar-refractivity contribution in [1.29, 1.82) is 0 Å². The quantitative estimate of drug-likeness (QED) is 0.800. The topological polar surface area (TPSA) is 21.7 Å². The smallest absolute Gasteiger partial charge is 0.161 e. The zero-order valence-electron chi connectivity index (χ0n) is 10.7. The second-order valence-electron chi connectivity index (χ2n) is 4.71. The number of hydrogen-bond acceptors (Lipinski definition) is 3. The van der Waals surface area contributed by atoms with Gasteiger partial charge in [0.05, 0.1) is 13.7 Å². The molecule has 17 heavy (non-hydrogen) atoms. The molecule has 0 bridgehead atoms. The first kappa shape index (κ1) is 12.2. The van der Waals surface area contributed by atoms with E-state index in [4.69, 9.17) is 9.47 Å². The first-order chi connectivity index (χ1) is 8.29. The lowest BCUT2D eigenvalue weighted by Crippen LogP contribution is -2.32. The fourth-order valence-corrected chi connectivity index (χ4v) is 2.17. The molecule has 1 heterocycles. The lowest BCUT2D eigenvalue weighted by atomic mass is 9.98. The van der Waals surface area contributed by atoms with Crippen molar-refractivity contribution in [3.63, 3.8) is 0 Å². The summed E-state index contributed by atoms with van der Waals surface area (Å²) in [7, 11) is 3.86. The Morgan fingerprint density at radius 2 is 1.82 bits per heavy atom. The summed E-state index contributed by atoms with van der Waals surface area (Å²) in [5.74, 6) is 2.35. The first-order valence-corrected chi connectivity index (χ1v) is 6.24. The molecule has 0 radical (unpaired) electrons. The van der Waals surface area contributed by atoms with Gasteiger partial charge in [0, 0.05) is 0 Å². The van der Waals surface area contributed by atoms with Crippen molar-refractivity contribution in [2.24, 2.45) is 5.92 Å². The van der Waals surface area contributed by atoms with Crippen LogP contribution in [0.3, 0.4) is 0 Å². The molecule has 94 valence electrons. The highest BCUT2D eigenvalue weighted by Gasteiger charge is 2.17. The molecule has 3 heteroatoms. The molecule has 0 N–H and O–H groups in total. The Kier molecular flexibility index (Phi) is 4.26. The van der Waals surface area contributed by atoms with E-state index in [0.29, 0.717) is 5.92 Å². The second-order valence-corrected chi connectivity index (χ2v) is 4.71. The number of nitrogens with zero attached hydrogens (tertiary/aromatic N) is 1. The number of hydrogen-bond donors (Lipinski definition) is 0. The predicted molar refractivity (Wildman–Crippen MR) is 68.7 cm³/mol. The summed E-state index contributed by atoms with van der Waals surface area (Å²) in [5.41, 5.74) is 0. The maximum absolute atomic E-state index is 5.86. The van der Waals surface area contributed by atoms with Gasteiger partial charge < -0.3 is 14.4 Å². The Hall–Kier alpha value is -1.22. The minimum absolute atomic E-state index is 0.677. The number of piperidine rings is 1. The van der Waals surface area contributed by atoms with Gasteiger partial charge in [-0.1, -0.05) is 12.1 Å². The van der Waals surface area contributed by atoms with Gasteiger partial charge in [0.15, 0.2) is 11.5 Å². The van der Waals surface area contributed by atoms with Crippen molar-refractivity contribution in [1.82, 2.24) is 4.90 Å². The highest BCUT2D eigenvalue weighted by atomic mass is 16.5. The molecule has 1 fully saturated rings. The third-order valence-electron chi connectivity index (χ3n) is 3.38. The Labute approximate surface area is 103 Å². The number of likely N-dealkylation sites (tertiary alicyclic amines) is 1. The van der Waals surface area contributed by atoms with Crippen LogP contribution in [0.1, 0.15) is 12.8 Å². The highest BCUT2D eigenvalue weighted by molar-refractivity contribution is 5.39. The number of ether oxygens (including phenoxy) is 2. The van der Waals surface area contributed by atoms with Gasteiger partial charge in [0.25, 0.3) is 0 Å². The number of rotatable bonds is 4. The molecule has 0 aliphatic carbocycles. The molecule has 1 aliphatic rings. The van der Waals surface area contributed by atoms with Crippen LogP contribution in [0.4, 0.5) is 0 Å². The molecule has 1 aromatic carbocycles. The Morgan fingerprint density at radius 3 is 2.47 bits per heavy atom. The molecule has 0 aromatic heterocycles. The molecule has 1 saturated heterocycles. The second kappa shape index (κ2) is 5.92. The van der Waals surface area contributed by atoms with Crippen LogP contribution in [-0.2, 0) is 0 Å². The lowest BCUT2D eigenvalue weighted by molar-refractivity contribution is 0.157. The van der Waals surface area contributed by atoms with E-state index >= 15 is 0 Å². The summed E-state index contributed by atoms with van der Waals surface area (Å²) in [5, 5.41) is 0. The van der Waals surface area contributed by atoms with Crippen LogP contribution < -0.4 is 9.47 Å². The average molecular weight is 235 g/mol. The summed E-state index contributed by atoms with van der Waals surface area (Å²) in [6, 6.07) is 7.84. The molecule has 0 amide bonds. The standard InChI is InChI=1S/C14H21NO2/c1-15-9-7-12(8-10-15)11-17-14-6-4-3-5-13(14)16-2/h3-6,12H,7-11H2,1-2H3. The molecule has 0 atom stereocenters. The number of methoxy groups -OCH3 is 1. The van der Waals surface area contributed by atoms with E-state index in [9.17, 15) is 0 Å². The molecule has 3 nitrogen and oxygen atoms in total. The summed E-state index contributed by atoms with van der Waals surface area (Å²) >= 11 is 0. The van der Waals surface area contributed by atoms with Crippen molar-refractivity contribution in [2.75, 3.05) is 33.9 Å². The molecular weight excluding hydrogens is 214 g/mol. The van der Waals surface area contributed by atoms with Gasteiger partial charge in [0.1, 0.15) is 0 Å². The van der Waals surface area contributed by atoms with Gasteiger partial charge in [-0.3, -0.25) is 0 Å². The Balaban J connectivity index is 1.85. The molecule has 0 unspecified atom stereocenters. The summed E-state index contributed by atoms with van der Waals surface area (Å²) in [6.07, 6.45) is 2.46. The van der Waals surface area contributed by atoms with E-state index in [1.165, 1.54) is 25.9 Å². The molecule has 0 saturated carbocycles. The van der Waals surface area contributed by atoms with Crippen LogP contribution in [-0.4, -0.2) is 38.8 Å². The summed E-state index contributed by atoms with van der Waals surface area (Å²) in [4.78, 5) is 2.37. The third kappa shape index (κ3) is 3.37. The van der Waals surface area contributed by atoms with Gasteiger partial charge in [-0.15, -0.1) is 0 Å². The summed E-state index contributed by atoms with van der Waals surface area (Å²) < 4.78 is 11.1. The Morgan fingerprint density at radius 1 is 1.18 bits per heavy atom. The van der Waals surface area contributed by atoms with Crippen molar-refractivity contribution in [3.8, 4) is 11.5 Å². The van der Waals surface area contributed by atoms with Gasteiger partial charge in [-0.25, -0.2) is 0 Å². The van der Waals surface area contributed by atoms with Crippen LogP contribution in [0.5, 0.6) is 11.5 Å². The van der Waals surface area contributed by atoms with E-state index < -0.39 is 0 Å². The zero-order chi connectivity index (χ0) is 12.1. The minimum Gasteiger partial charge on any atom is -0.493 e. The minimum atomic E-state index is 0.677. The average Bonchev–Trinajstić information content (AvgIpc) is 2.38. The van der Waals surface area contributed by atoms with E-state index in [-0.39, 0.29) is 0 Å². The molecule has 1 aliphatic heterocycles. The summed E-state index contributed by atoms with van der Waals surface area (Å²) in [6.45, 7) is 3.16. The van der Waals surface area contributed by atoms with Crippen LogP contribution >= 0.6 is 0 Å². The third-order valence-corrected chi connectivity index (χ3v) is 3.38. The monoisotopic (exact) mass is 235 g/mol. The van der Waals surface area contributed by atoms with Crippen LogP contribution in [0.2, 0.25) is 0 Å². The maximum Gasteiger partial charge on any atom is 0.161 e. The lowest BCUT2D eigenvalue weighted by Gasteiger charge is -2.28. The fourth-order valence-electron chi connectivity index (χ4n) is 2.17. The van der Waals surface area contributed by atoms with Crippen LogP contribution in [0.25, 0.3) is 0 Å². The van der Waals surface area contributed by atoms with Crippen molar-refractivity contribution < 1.29 is 9.47 Å². The number of benzene rings is 1.